The van der Waals surface area contributed by atoms with Crippen molar-refractivity contribution in [2.75, 3.05) is 20.2 Å². The van der Waals surface area contributed by atoms with Gasteiger partial charge in [0, 0.05) is 6.54 Å². The topological polar surface area (TPSA) is 95.9 Å². The normalized spacial score (nSPS) is 11.5. The maximum absolute atomic E-state index is 12.8. The summed E-state index contributed by atoms with van der Waals surface area (Å²) < 4.78 is 31.8. The molecule has 0 unspecified atom stereocenters. The van der Waals surface area contributed by atoms with Gasteiger partial charge < -0.3 is 4.74 Å². The molecule has 1 rings (SSSR count). The van der Waals surface area contributed by atoms with E-state index in [1.165, 1.54) is 44.0 Å². The lowest BCUT2D eigenvalue weighted by molar-refractivity contribution is -0.129. The number of sulfonamides is 1. The van der Waals surface area contributed by atoms with Gasteiger partial charge in [-0.05, 0) is 30.7 Å². The number of unbranched alkanes of at least 4 members (excludes halogenated alkanes) is 6. The number of hydrogen-bond acceptors (Lipinski definition) is 5. The molecule has 1 aromatic rings. The van der Waals surface area contributed by atoms with Crippen LogP contribution in [0.4, 0.5) is 0 Å². The highest BCUT2D eigenvalue weighted by atomic mass is 32.2. The number of amides is 1. The Morgan fingerprint density at radius 2 is 1.65 bits per heavy atom. The number of hydroxylamine groups is 1. The van der Waals surface area contributed by atoms with E-state index in [4.69, 9.17) is 9.94 Å². The summed E-state index contributed by atoms with van der Waals surface area (Å²) >= 11 is 0. The van der Waals surface area contributed by atoms with Crippen molar-refractivity contribution < 1.29 is 23.2 Å². The lowest BCUT2D eigenvalue weighted by atomic mass is 10.1. The van der Waals surface area contributed by atoms with Crippen molar-refractivity contribution in [3.63, 3.8) is 0 Å². The van der Waals surface area contributed by atoms with Gasteiger partial charge in [0.25, 0.3) is 5.91 Å². The Bertz CT molecular complexity index is 631. The van der Waals surface area contributed by atoms with Gasteiger partial charge in [0.2, 0.25) is 10.0 Å². The summed E-state index contributed by atoms with van der Waals surface area (Å²) in [4.78, 5) is 11.6. The van der Waals surface area contributed by atoms with E-state index in [2.05, 4.69) is 6.92 Å². The van der Waals surface area contributed by atoms with Crippen LogP contribution < -0.4 is 10.2 Å². The summed E-state index contributed by atoms with van der Waals surface area (Å²) in [5.74, 6) is -0.208. The minimum Gasteiger partial charge on any atom is -0.497 e. The molecule has 148 valence electrons. The first-order valence-electron chi connectivity index (χ1n) is 9.02. The number of hydrogen-bond donors (Lipinski definition) is 2. The van der Waals surface area contributed by atoms with Gasteiger partial charge >= 0.3 is 0 Å². The zero-order valence-corrected chi connectivity index (χ0v) is 16.4. The minimum atomic E-state index is -3.83. The molecule has 1 amide bonds. The molecule has 0 saturated carbocycles. The van der Waals surface area contributed by atoms with E-state index in [0.717, 1.165) is 23.6 Å². The molecule has 0 atom stereocenters. The van der Waals surface area contributed by atoms with E-state index < -0.39 is 22.5 Å². The van der Waals surface area contributed by atoms with E-state index in [-0.39, 0.29) is 11.4 Å². The zero-order chi connectivity index (χ0) is 19.4. The molecule has 0 aliphatic carbocycles. The third kappa shape index (κ3) is 7.31. The molecule has 0 radical (unpaired) electrons. The van der Waals surface area contributed by atoms with Crippen LogP contribution in [0, 0.1) is 0 Å². The van der Waals surface area contributed by atoms with Gasteiger partial charge in [-0.3, -0.25) is 10.0 Å². The van der Waals surface area contributed by atoms with Crippen molar-refractivity contribution >= 4 is 15.9 Å². The highest BCUT2D eigenvalue weighted by molar-refractivity contribution is 7.89. The monoisotopic (exact) mass is 386 g/mol. The number of ether oxygens (including phenoxy) is 1. The summed E-state index contributed by atoms with van der Waals surface area (Å²) in [7, 11) is -2.32. The first-order chi connectivity index (χ1) is 12.5. The van der Waals surface area contributed by atoms with E-state index in [1.54, 1.807) is 12.1 Å². The van der Waals surface area contributed by atoms with Crippen LogP contribution in [0.3, 0.4) is 0 Å². The molecule has 0 heterocycles. The predicted octanol–water partition coefficient (Wildman–Crippen LogP) is 2.94. The van der Waals surface area contributed by atoms with Crippen molar-refractivity contribution in [1.82, 2.24) is 9.79 Å². The first kappa shape index (κ1) is 22.4. The standard InChI is InChI=1S/C18H30N2O5S/c1-3-4-5-6-7-8-9-14-20(15-18(21)19-22)26(23,24)17-12-10-16(25-2)11-13-17/h10-13,22H,3-9,14-15H2,1-2H3,(H,19,21). The molecule has 7 nitrogen and oxygen atoms in total. The lowest BCUT2D eigenvalue weighted by Gasteiger charge is -2.21. The van der Waals surface area contributed by atoms with Gasteiger partial charge in [-0.1, -0.05) is 45.4 Å². The van der Waals surface area contributed by atoms with E-state index in [1.807, 2.05) is 0 Å². The lowest BCUT2D eigenvalue weighted by Crippen LogP contribution is -2.40. The number of benzene rings is 1. The number of nitrogens with one attached hydrogen (secondary N) is 1. The Kier molecular flexibility index (Phi) is 10.2. The van der Waals surface area contributed by atoms with Crippen LogP contribution in [0.15, 0.2) is 29.2 Å². The Morgan fingerprint density at radius 3 is 2.19 bits per heavy atom. The molecule has 0 saturated heterocycles. The van der Waals surface area contributed by atoms with Crippen LogP contribution in [-0.4, -0.2) is 44.0 Å². The molecular formula is C18H30N2O5S. The Morgan fingerprint density at radius 1 is 1.08 bits per heavy atom. The van der Waals surface area contributed by atoms with Crippen molar-refractivity contribution in [2.45, 2.75) is 56.8 Å². The van der Waals surface area contributed by atoms with Crippen molar-refractivity contribution in [3.05, 3.63) is 24.3 Å². The molecule has 1 aromatic carbocycles. The summed E-state index contributed by atoms with van der Waals surface area (Å²) in [6, 6.07) is 6.02. The van der Waals surface area contributed by atoms with Crippen molar-refractivity contribution in [2.24, 2.45) is 0 Å². The molecule has 0 fully saturated rings. The van der Waals surface area contributed by atoms with Crippen LogP contribution in [0.2, 0.25) is 0 Å². The molecule has 8 heteroatoms. The number of carbonyl (C=O) groups excluding carboxylic acids is 1. The highest BCUT2D eigenvalue weighted by Gasteiger charge is 2.26. The minimum absolute atomic E-state index is 0.0898. The van der Waals surface area contributed by atoms with Crippen LogP contribution in [0.25, 0.3) is 0 Å². The fourth-order valence-corrected chi connectivity index (χ4v) is 4.06. The molecule has 0 spiro atoms. The summed E-state index contributed by atoms with van der Waals surface area (Å²) in [6.45, 7) is 1.98. The number of nitrogens with zero attached hydrogens (tertiary/aromatic N) is 1. The molecular weight excluding hydrogens is 356 g/mol. The number of carbonyl (C=O) groups is 1. The van der Waals surface area contributed by atoms with Gasteiger partial charge in [-0.25, -0.2) is 13.9 Å². The average molecular weight is 387 g/mol. The molecule has 0 aliphatic rings. The quantitative estimate of drug-likeness (QED) is 0.309. The van der Waals surface area contributed by atoms with Crippen LogP contribution in [0.1, 0.15) is 51.9 Å². The number of methoxy groups -OCH3 is 1. The highest BCUT2D eigenvalue weighted by Crippen LogP contribution is 2.20. The second-order valence-electron chi connectivity index (χ2n) is 6.17. The SMILES string of the molecule is CCCCCCCCCN(CC(=O)NO)S(=O)(=O)c1ccc(OC)cc1. The molecule has 0 bridgehead atoms. The zero-order valence-electron chi connectivity index (χ0n) is 15.6. The fourth-order valence-electron chi connectivity index (χ4n) is 2.62. The maximum atomic E-state index is 12.8. The smallest absolute Gasteiger partial charge is 0.258 e. The summed E-state index contributed by atoms with van der Waals surface area (Å²) in [5.41, 5.74) is 1.50. The van der Waals surface area contributed by atoms with Crippen molar-refractivity contribution in [3.8, 4) is 5.75 Å². The largest absolute Gasteiger partial charge is 0.497 e. The molecule has 0 aliphatic heterocycles. The van der Waals surface area contributed by atoms with Crippen LogP contribution in [0.5, 0.6) is 5.75 Å². The Labute approximate surface area is 156 Å². The van der Waals surface area contributed by atoms with Crippen LogP contribution in [-0.2, 0) is 14.8 Å². The molecule has 0 aromatic heterocycles. The van der Waals surface area contributed by atoms with Gasteiger partial charge in [0.05, 0.1) is 18.6 Å². The van der Waals surface area contributed by atoms with E-state index in [9.17, 15) is 13.2 Å². The average Bonchev–Trinajstić information content (AvgIpc) is 2.66. The van der Waals surface area contributed by atoms with Gasteiger partial charge in [0.1, 0.15) is 5.75 Å². The predicted molar refractivity (Wildman–Crippen MR) is 99.7 cm³/mol. The van der Waals surface area contributed by atoms with E-state index >= 15 is 0 Å². The van der Waals surface area contributed by atoms with Gasteiger partial charge in [-0.2, -0.15) is 4.31 Å². The summed E-state index contributed by atoms with van der Waals surface area (Å²) in [6.07, 6.45) is 7.34. The van der Waals surface area contributed by atoms with E-state index in [0.29, 0.717) is 12.2 Å². The molecule has 2 N–H and O–H groups in total. The second-order valence-corrected chi connectivity index (χ2v) is 8.11. The van der Waals surface area contributed by atoms with Gasteiger partial charge in [0.15, 0.2) is 0 Å². The number of rotatable bonds is 13. The fraction of sp³-hybridized carbons (Fsp3) is 0.611. The Hall–Kier alpha value is -1.64. The third-order valence-electron chi connectivity index (χ3n) is 4.15. The second kappa shape index (κ2) is 11.9. The van der Waals surface area contributed by atoms with Gasteiger partial charge in [-0.15, -0.1) is 0 Å². The third-order valence-corrected chi connectivity index (χ3v) is 6.01. The first-order valence-corrected chi connectivity index (χ1v) is 10.5. The summed E-state index contributed by atoms with van der Waals surface area (Å²) in [5, 5.41) is 8.74. The maximum Gasteiger partial charge on any atom is 0.258 e. The van der Waals surface area contributed by atoms with Crippen LogP contribution >= 0.6 is 0 Å². The Balaban J connectivity index is 2.72. The van der Waals surface area contributed by atoms with Crippen molar-refractivity contribution in [1.29, 1.82) is 0 Å². The molecule has 26 heavy (non-hydrogen) atoms.